The van der Waals surface area contributed by atoms with Gasteiger partial charge < -0.3 is 4.74 Å². The van der Waals surface area contributed by atoms with Crippen molar-refractivity contribution < 1.29 is 22.5 Å². The minimum atomic E-state index is -4.20. The van der Waals surface area contributed by atoms with Crippen LogP contribution in [0.2, 0.25) is 5.02 Å². The van der Waals surface area contributed by atoms with E-state index in [-0.39, 0.29) is 22.4 Å². The van der Waals surface area contributed by atoms with Crippen molar-refractivity contribution in [1.29, 1.82) is 0 Å². The summed E-state index contributed by atoms with van der Waals surface area (Å²) in [5, 5.41) is 0.634. The number of carbonyl (C=O) groups excluding carboxylic acids is 1. The van der Waals surface area contributed by atoms with Crippen molar-refractivity contribution in [2.75, 3.05) is 12.3 Å². The Morgan fingerprint density at radius 3 is 2.79 bits per heavy atom. The number of aryl methyl sites for hydroxylation is 1. The Morgan fingerprint density at radius 1 is 1.46 bits per heavy atom. The number of thioether (sulfide) groups is 1. The highest BCUT2D eigenvalue weighted by Gasteiger charge is 2.32. The maximum absolute atomic E-state index is 12.5. The van der Waals surface area contributed by atoms with Gasteiger partial charge in [0, 0.05) is 11.6 Å². The molecule has 0 aromatic heterocycles. The van der Waals surface area contributed by atoms with Crippen molar-refractivity contribution in [2.24, 2.45) is 0 Å². The summed E-state index contributed by atoms with van der Waals surface area (Å²) in [5.41, 5.74) is 1.82. The van der Waals surface area contributed by atoms with E-state index >= 15 is 0 Å². The molecule has 1 aliphatic heterocycles. The first-order valence-electron chi connectivity index (χ1n) is 8.02. The van der Waals surface area contributed by atoms with E-state index in [4.69, 9.17) is 33.1 Å². The summed E-state index contributed by atoms with van der Waals surface area (Å²) in [5.74, 6) is -0.648. The van der Waals surface area contributed by atoms with E-state index in [0.29, 0.717) is 10.8 Å². The third-order valence-corrected chi connectivity index (χ3v) is 6.13. The van der Waals surface area contributed by atoms with Crippen LogP contribution in [0.1, 0.15) is 11.1 Å². The molecule has 1 saturated heterocycles. The number of halogens is 1. The van der Waals surface area contributed by atoms with Gasteiger partial charge in [-0.1, -0.05) is 60.4 Å². The van der Waals surface area contributed by atoms with Crippen LogP contribution >= 0.6 is 35.6 Å². The van der Waals surface area contributed by atoms with Gasteiger partial charge in [-0.15, -0.1) is 0 Å². The second kappa shape index (κ2) is 9.71. The number of hydrogen-bond acceptors (Lipinski definition) is 6. The van der Waals surface area contributed by atoms with E-state index < -0.39 is 21.8 Å². The molecule has 6 nitrogen and oxygen atoms in total. The van der Waals surface area contributed by atoms with E-state index in [2.05, 4.69) is 6.58 Å². The molecule has 0 saturated carbocycles. The predicted molar refractivity (Wildman–Crippen MR) is 116 cm³/mol. The Morgan fingerprint density at radius 2 is 2.18 bits per heavy atom. The van der Waals surface area contributed by atoms with Gasteiger partial charge in [-0.3, -0.25) is 14.2 Å². The largest absolute Gasteiger partial charge is 0.489 e. The minimum absolute atomic E-state index is 0.211. The molecule has 0 atom stereocenters. The topological polar surface area (TPSA) is 83.9 Å². The van der Waals surface area contributed by atoms with Gasteiger partial charge in [-0.25, -0.2) is 0 Å². The quantitative estimate of drug-likeness (QED) is 0.208. The average molecular weight is 460 g/mol. The van der Waals surface area contributed by atoms with Gasteiger partial charge in [0.1, 0.15) is 16.7 Å². The number of ether oxygens (including phenoxy) is 1. The van der Waals surface area contributed by atoms with E-state index in [1.807, 2.05) is 19.1 Å². The van der Waals surface area contributed by atoms with Crippen LogP contribution in [0.3, 0.4) is 0 Å². The lowest BCUT2D eigenvalue weighted by Gasteiger charge is -2.12. The molecule has 0 aliphatic carbocycles. The van der Waals surface area contributed by atoms with Crippen molar-refractivity contribution in [1.82, 2.24) is 4.90 Å². The zero-order valence-electron chi connectivity index (χ0n) is 14.9. The molecule has 0 bridgehead atoms. The van der Waals surface area contributed by atoms with Gasteiger partial charge in [-0.2, -0.15) is 8.42 Å². The van der Waals surface area contributed by atoms with E-state index in [0.717, 1.165) is 27.8 Å². The van der Waals surface area contributed by atoms with E-state index in [9.17, 15) is 13.2 Å². The summed E-state index contributed by atoms with van der Waals surface area (Å²) in [4.78, 5) is 13.9. The lowest BCUT2D eigenvalue weighted by Crippen LogP contribution is -2.32. The van der Waals surface area contributed by atoms with Gasteiger partial charge in [0.05, 0.1) is 10.7 Å². The van der Waals surface area contributed by atoms with Gasteiger partial charge in [0.2, 0.25) is 0 Å². The number of hydrogen-bond donors (Lipinski definition) is 1. The molecule has 10 heteroatoms. The number of nitrogens with zero attached hydrogens (tertiary/aromatic N) is 1. The molecule has 1 heterocycles. The number of rotatable bonds is 8. The van der Waals surface area contributed by atoms with Crippen LogP contribution in [-0.4, -0.2) is 40.4 Å². The zero-order chi connectivity index (χ0) is 20.9. The second-order valence-corrected chi connectivity index (χ2v) is 9.45. The van der Waals surface area contributed by atoms with Crippen LogP contribution in [0.15, 0.2) is 53.7 Å². The average Bonchev–Trinajstić information content (AvgIpc) is 2.87. The Kier molecular flexibility index (Phi) is 7.85. The normalized spacial score (nSPS) is 16.8. The molecule has 1 aromatic carbocycles. The summed E-state index contributed by atoms with van der Waals surface area (Å²) >= 11 is 12.3. The predicted octanol–water partition coefficient (Wildman–Crippen LogP) is 3.87. The fraction of sp³-hybridized carbons (Fsp3) is 0.222. The van der Waals surface area contributed by atoms with Gasteiger partial charge in [0.15, 0.2) is 0 Å². The SMILES string of the molecule is C=C/C=C(/C=C1/SC(=S)N(CCS(=O)(=O)O)C1=O)OCc1ccc(C)c(Cl)c1. The van der Waals surface area contributed by atoms with Crippen molar-refractivity contribution in [3.05, 3.63) is 69.8 Å². The number of carbonyl (C=O) groups is 1. The van der Waals surface area contributed by atoms with Crippen molar-refractivity contribution >= 4 is 55.9 Å². The smallest absolute Gasteiger partial charge is 0.266 e. The number of allylic oxidation sites excluding steroid dienone is 3. The molecule has 1 aromatic rings. The first-order valence-corrected chi connectivity index (χ1v) is 11.2. The summed E-state index contributed by atoms with van der Waals surface area (Å²) in [7, 11) is -4.20. The van der Waals surface area contributed by atoms with Crippen LogP contribution < -0.4 is 0 Å². The van der Waals surface area contributed by atoms with Gasteiger partial charge in [-0.05, 0) is 36.3 Å². The van der Waals surface area contributed by atoms with E-state index in [1.165, 1.54) is 12.2 Å². The summed E-state index contributed by atoms with van der Waals surface area (Å²) in [6.07, 6.45) is 4.64. The van der Waals surface area contributed by atoms with Crippen LogP contribution in [0, 0.1) is 6.92 Å². The summed E-state index contributed by atoms with van der Waals surface area (Å²) in [6, 6.07) is 5.58. The monoisotopic (exact) mass is 459 g/mol. The highest BCUT2D eigenvalue weighted by Crippen LogP contribution is 2.32. The lowest BCUT2D eigenvalue weighted by molar-refractivity contribution is -0.122. The zero-order valence-corrected chi connectivity index (χ0v) is 18.1. The Balaban J connectivity index is 2.11. The standard InChI is InChI=1S/C18H18ClNO5S3/c1-3-4-14(25-11-13-6-5-12(2)15(19)9-13)10-16-17(21)20(18(26)27-16)7-8-28(22,23)24/h3-6,9-10H,1,7-8,11H2,2H3,(H,22,23,24)/b14-4-,16-10+. The van der Waals surface area contributed by atoms with Crippen molar-refractivity contribution in [3.8, 4) is 0 Å². The van der Waals surface area contributed by atoms with Crippen LogP contribution in [-0.2, 0) is 26.3 Å². The summed E-state index contributed by atoms with van der Waals surface area (Å²) < 4.78 is 36.7. The molecular formula is C18H18ClNO5S3. The second-order valence-electron chi connectivity index (χ2n) is 5.80. The Labute approximate surface area is 178 Å². The molecule has 0 radical (unpaired) electrons. The van der Waals surface area contributed by atoms with Crippen LogP contribution in [0.25, 0.3) is 0 Å². The maximum Gasteiger partial charge on any atom is 0.266 e. The highest BCUT2D eigenvalue weighted by atomic mass is 35.5. The summed E-state index contributed by atoms with van der Waals surface area (Å²) in [6.45, 7) is 5.55. The molecule has 1 fully saturated rings. The Hall–Kier alpha value is -1.65. The highest BCUT2D eigenvalue weighted by molar-refractivity contribution is 8.26. The molecular weight excluding hydrogens is 442 g/mol. The van der Waals surface area contributed by atoms with Crippen LogP contribution in [0.5, 0.6) is 0 Å². The molecule has 150 valence electrons. The molecule has 1 amide bonds. The van der Waals surface area contributed by atoms with Gasteiger partial charge in [0.25, 0.3) is 16.0 Å². The fourth-order valence-electron chi connectivity index (χ4n) is 2.18. The third-order valence-electron chi connectivity index (χ3n) is 3.64. The van der Waals surface area contributed by atoms with Crippen molar-refractivity contribution in [3.63, 3.8) is 0 Å². The number of benzene rings is 1. The molecule has 0 spiro atoms. The lowest BCUT2D eigenvalue weighted by atomic mass is 10.2. The fourth-order valence-corrected chi connectivity index (χ4v) is 4.08. The number of amides is 1. The van der Waals surface area contributed by atoms with Crippen LogP contribution in [0.4, 0.5) is 0 Å². The van der Waals surface area contributed by atoms with Crippen molar-refractivity contribution in [2.45, 2.75) is 13.5 Å². The molecule has 1 aliphatic rings. The minimum Gasteiger partial charge on any atom is -0.489 e. The van der Waals surface area contributed by atoms with Gasteiger partial charge >= 0.3 is 0 Å². The molecule has 2 rings (SSSR count). The first kappa shape index (κ1) is 22.6. The maximum atomic E-state index is 12.5. The molecule has 0 unspecified atom stereocenters. The first-order chi connectivity index (χ1) is 13.1. The molecule has 1 N–H and O–H groups in total. The van der Waals surface area contributed by atoms with E-state index in [1.54, 1.807) is 12.1 Å². The Bertz CT molecular complexity index is 969. The number of thiocarbonyl (C=S) groups is 1. The third kappa shape index (κ3) is 6.46. The molecule has 28 heavy (non-hydrogen) atoms.